The Hall–Kier alpha value is -1.85. The molecule has 1 aromatic carbocycles. The number of carbonyl (C=O) groups excluding carboxylic acids is 1. The minimum atomic E-state index is -1.04. The summed E-state index contributed by atoms with van der Waals surface area (Å²) in [7, 11) is 0. The van der Waals surface area contributed by atoms with Crippen LogP contribution in [0.5, 0.6) is 0 Å². The molecule has 0 aliphatic rings. The van der Waals surface area contributed by atoms with E-state index >= 15 is 0 Å². The summed E-state index contributed by atoms with van der Waals surface area (Å²) in [6, 6.07) is 6.40. The first-order chi connectivity index (χ1) is 9.40. The molecule has 0 aliphatic heterocycles. The Labute approximate surface area is 125 Å². The van der Waals surface area contributed by atoms with Crippen LogP contribution in [-0.2, 0) is 0 Å². The fraction of sp³-hybridized carbons (Fsp3) is 0.143. The highest BCUT2D eigenvalue weighted by Gasteiger charge is 2.20. The van der Waals surface area contributed by atoms with Crippen LogP contribution in [-0.4, -0.2) is 17.0 Å². The van der Waals surface area contributed by atoms with Crippen molar-refractivity contribution in [1.82, 2.24) is 0 Å². The smallest absolute Gasteiger partial charge is 0.338 e. The molecular weight excluding hydrogens is 298 g/mol. The highest BCUT2D eigenvalue weighted by atomic mass is 35.5. The van der Waals surface area contributed by atoms with Gasteiger partial charge in [-0.2, -0.15) is 0 Å². The van der Waals surface area contributed by atoms with E-state index in [1.54, 1.807) is 31.2 Å². The van der Waals surface area contributed by atoms with E-state index in [2.05, 4.69) is 5.32 Å². The van der Waals surface area contributed by atoms with E-state index in [-0.39, 0.29) is 11.5 Å². The van der Waals surface area contributed by atoms with Crippen LogP contribution in [0.25, 0.3) is 0 Å². The molecule has 1 amide bonds. The van der Waals surface area contributed by atoms with Crippen LogP contribution in [0.2, 0.25) is 5.02 Å². The van der Waals surface area contributed by atoms with Gasteiger partial charge in [0, 0.05) is 15.5 Å². The van der Waals surface area contributed by atoms with E-state index in [1.165, 1.54) is 11.3 Å². The van der Waals surface area contributed by atoms with Crippen LogP contribution < -0.4 is 5.32 Å². The Morgan fingerprint density at radius 1 is 1.20 bits per heavy atom. The third kappa shape index (κ3) is 2.84. The van der Waals surface area contributed by atoms with Crippen molar-refractivity contribution in [2.45, 2.75) is 13.8 Å². The molecule has 0 unspecified atom stereocenters. The van der Waals surface area contributed by atoms with Crippen molar-refractivity contribution in [3.05, 3.63) is 50.9 Å². The fourth-order valence-corrected chi connectivity index (χ4v) is 2.92. The third-order valence-corrected chi connectivity index (χ3v) is 4.31. The Balaban J connectivity index is 2.30. The second kappa shape index (κ2) is 5.64. The number of carboxylic acids is 1. The summed E-state index contributed by atoms with van der Waals surface area (Å²) in [5.74, 6) is -1.40. The van der Waals surface area contributed by atoms with E-state index in [4.69, 9.17) is 11.6 Å². The zero-order valence-electron chi connectivity index (χ0n) is 10.9. The van der Waals surface area contributed by atoms with Crippen molar-refractivity contribution in [3.8, 4) is 0 Å². The molecule has 6 heteroatoms. The van der Waals surface area contributed by atoms with E-state index in [1.807, 2.05) is 6.92 Å². The van der Waals surface area contributed by atoms with E-state index in [9.17, 15) is 14.7 Å². The van der Waals surface area contributed by atoms with Gasteiger partial charge in [-0.3, -0.25) is 4.79 Å². The molecule has 2 rings (SSSR count). The van der Waals surface area contributed by atoms with Gasteiger partial charge in [-0.1, -0.05) is 11.6 Å². The number of carbonyl (C=O) groups is 2. The average molecular weight is 310 g/mol. The topological polar surface area (TPSA) is 66.4 Å². The maximum Gasteiger partial charge on any atom is 0.338 e. The number of aromatic carboxylic acids is 1. The van der Waals surface area contributed by atoms with Crippen molar-refractivity contribution in [2.75, 3.05) is 5.32 Å². The molecule has 2 N–H and O–H groups in total. The van der Waals surface area contributed by atoms with Gasteiger partial charge in [0.2, 0.25) is 0 Å². The third-order valence-electron chi connectivity index (χ3n) is 2.93. The maximum absolute atomic E-state index is 12.1. The summed E-state index contributed by atoms with van der Waals surface area (Å²) >= 11 is 7.02. The predicted octanol–water partition coefficient (Wildman–Crippen LogP) is 3.97. The van der Waals surface area contributed by atoms with E-state index in [0.717, 1.165) is 4.88 Å². The quantitative estimate of drug-likeness (QED) is 0.901. The molecule has 0 spiro atoms. The zero-order valence-corrected chi connectivity index (χ0v) is 12.4. The normalized spacial score (nSPS) is 10.3. The lowest BCUT2D eigenvalue weighted by molar-refractivity contribution is 0.0697. The van der Waals surface area contributed by atoms with Crippen LogP contribution in [0, 0.1) is 13.8 Å². The molecule has 4 nitrogen and oxygen atoms in total. The van der Waals surface area contributed by atoms with Crippen LogP contribution in [0.3, 0.4) is 0 Å². The van der Waals surface area contributed by atoms with Gasteiger partial charge in [0.25, 0.3) is 5.91 Å². The molecule has 1 aromatic heterocycles. The van der Waals surface area contributed by atoms with Crippen LogP contribution in [0.15, 0.2) is 24.3 Å². The number of rotatable bonds is 3. The van der Waals surface area contributed by atoms with Crippen molar-refractivity contribution < 1.29 is 14.7 Å². The molecule has 0 saturated carbocycles. The van der Waals surface area contributed by atoms with Gasteiger partial charge in [-0.05, 0) is 43.7 Å². The minimum absolute atomic E-state index is 0.148. The first kappa shape index (κ1) is 14.6. The summed E-state index contributed by atoms with van der Waals surface area (Å²) in [4.78, 5) is 24.2. The Kier molecular flexibility index (Phi) is 4.11. The van der Waals surface area contributed by atoms with Gasteiger partial charge < -0.3 is 10.4 Å². The van der Waals surface area contributed by atoms with Gasteiger partial charge in [-0.25, -0.2) is 4.79 Å². The fourth-order valence-electron chi connectivity index (χ4n) is 1.75. The number of amides is 1. The highest BCUT2D eigenvalue weighted by Crippen LogP contribution is 2.32. The summed E-state index contributed by atoms with van der Waals surface area (Å²) in [5.41, 5.74) is 1.25. The lowest BCUT2D eigenvalue weighted by Gasteiger charge is -2.04. The lowest BCUT2D eigenvalue weighted by atomic mass is 10.1. The lowest BCUT2D eigenvalue weighted by Crippen LogP contribution is -2.13. The summed E-state index contributed by atoms with van der Waals surface area (Å²) in [6.45, 7) is 3.55. The van der Waals surface area contributed by atoms with Gasteiger partial charge >= 0.3 is 5.97 Å². The number of nitrogens with one attached hydrogen (secondary N) is 1. The van der Waals surface area contributed by atoms with Crippen LogP contribution in [0.1, 0.15) is 31.2 Å². The minimum Gasteiger partial charge on any atom is -0.478 e. The van der Waals surface area contributed by atoms with Crippen molar-refractivity contribution >= 4 is 39.8 Å². The second-order valence-electron chi connectivity index (χ2n) is 4.25. The Morgan fingerprint density at radius 2 is 1.80 bits per heavy atom. The molecule has 0 aliphatic carbocycles. The number of halogens is 1. The molecule has 104 valence electrons. The highest BCUT2D eigenvalue weighted by molar-refractivity contribution is 7.16. The molecule has 0 bridgehead atoms. The molecular formula is C14H12ClNO3S. The summed E-state index contributed by atoms with van der Waals surface area (Å²) in [6.07, 6.45) is 0. The molecule has 1 heterocycles. The first-order valence-electron chi connectivity index (χ1n) is 5.80. The average Bonchev–Trinajstić information content (AvgIpc) is 2.65. The zero-order chi connectivity index (χ0) is 14.9. The number of hydrogen-bond donors (Lipinski definition) is 2. The van der Waals surface area contributed by atoms with E-state index in [0.29, 0.717) is 21.2 Å². The molecule has 2 aromatic rings. The predicted molar refractivity (Wildman–Crippen MR) is 80.2 cm³/mol. The number of benzene rings is 1. The van der Waals surface area contributed by atoms with Gasteiger partial charge in [0.05, 0.1) is 5.56 Å². The molecule has 20 heavy (non-hydrogen) atoms. The second-order valence-corrected chi connectivity index (χ2v) is 5.91. The Bertz CT molecular complexity index is 676. The molecule has 0 radical (unpaired) electrons. The van der Waals surface area contributed by atoms with Crippen molar-refractivity contribution in [1.29, 1.82) is 0 Å². The maximum atomic E-state index is 12.1. The van der Waals surface area contributed by atoms with E-state index < -0.39 is 5.97 Å². The van der Waals surface area contributed by atoms with Gasteiger partial charge in [-0.15, -0.1) is 11.3 Å². The van der Waals surface area contributed by atoms with Crippen molar-refractivity contribution in [3.63, 3.8) is 0 Å². The first-order valence-corrected chi connectivity index (χ1v) is 6.99. The molecule has 0 atom stereocenters. The number of hydrogen-bond acceptors (Lipinski definition) is 3. The Morgan fingerprint density at radius 3 is 2.35 bits per heavy atom. The van der Waals surface area contributed by atoms with Crippen molar-refractivity contribution in [2.24, 2.45) is 0 Å². The summed E-state index contributed by atoms with van der Waals surface area (Å²) < 4.78 is 0. The number of carboxylic acid groups (broad SMARTS) is 1. The largest absolute Gasteiger partial charge is 0.478 e. The van der Waals surface area contributed by atoms with Gasteiger partial charge in [0.1, 0.15) is 5.00 Å². The number of aryl methyl sites for hydroxylation is 1. The summed E-state index contributed by atoms with van der Waals surface area (Å²) in [5, 5.41) is 12.8. The number of thiophene rings is 1. The standard InChI is InChI=1S/C14H12ClNO3S/c1-7-8(2)20-13(11(7)14(18)19)16-12(17)9-3-5-10(15)6-4-9/h3-6H,1-2H3,(H,16,17)(H,18,19). The molecule has 0 fully saturated rings. The van der Waals surface area contributed by atoms with Gasteiger partial charge in [0.15, 0.2) is 0 Å². The van der Waals surface area contributed by atoms with Crippen LogP contribution >= 0.6 is 22.9 Å². The number of anilines is 1. The molecule has 0 saturated heterocycles. The van der Waals surface area contributed by atoms with Crippen LogP contribution in [0.4, 0.5) is 5.00 Å². The SMILES string of the molecule is Cc1sc(NC(=O)c2ccc(Cl)cc2)c(C(=O)O)c1C. The monoisotopic (exact) mass is 309 g/mol.